The minimum absolute atomic E-state index is 0.0171. The number of anilines is 3. The molecule has 6 aromatic rings. The number of amides is 9. The highest BCUT2D eigenvalue weighted by atomic mass is 16.6. The number of nitrogens with zero attached hydrogens (tertiary/aromatic N) is 8. The number of aliphatic hydroxyl groups is 1. The molecule has 13 rings (SSSR count). The molecular weight excluding hydrogens is 1350 g/mol. The van der Waals surface area contributed by atoms with E-state index < -0.39 is 79.0 Å². The first-order valence-electron chi connectivity index (χ1n) is 36.0. The van der Waals surface area contributed by atoms with Gasteiger partial charge in [0.15, 0.2) is 29.2 Å². The number of rotatable bonds is 26. The Balaban J connectivity index is 0.556. The van der Waals surface area contributed by atoms with E-state index in [-0.39, 0.29) is 96.0 Å². The van der Waals surface area contributed by atoms with Crippen LogP contribution in [0.5, 0.6) is 23.0 Å². The smallest absolute Gasteiger partial charge is 0.416 e. The van der Waals surface area contributed by atoms with Crippen molar-refractivity contribution in [1.82, 2.24) is 46.1 Å². The molecule has 2 aliphatic carbocycles. The summed E-state index contributed by atoms with van der Waals surface area (Å²) in [4.78, 5) is 134. The first kappa shape index (κ1) is 72.5. The maximum absolute atomic E-state index is 14.5. The molecule has 0 bridgehead atoms. The van der Waals surface area contributed by atoms with Gasteiger partial charge in [0.1, 0.15) is 24.4 Å². The summed E-state index contributed by atoms with van der Waals surface area (Å²) in [5, 5.41) is 34.2. The average molecular weight is 1440 g/mol. The van der Waals surface area contributed by atoms with Crippen LogP contribution in [0, 0.1) is 16.7 Å². The molecule has 1 aromatic heterocycles. The Labute approximate surface area is 607 Å². The van der Waals surface area contributed by atoms with Crippen molar-refractivity contribution in [2.45, 2.75) is 155 Å². The lowest BCUT2D eigenvalue weighted by Gasteiger charge is -2.31. The molecule has 2 saturated carbocycles. The molecule has 5 aromatic carbocycles. The number of para-hydroxylation sites is 1. The molecule has 28 nitrogen and oxygen atoms in total. The molecule has 105 heavy (non-hydrogen) atoms. The minimum atomic E-state index is -1.47. The van der Waals surface area contributed by atoms with E-state index in [1.165, 1.54) is 26.2 Å². The molecule has 5 atom stereocenters. The number of fused-ring (bicyclic) bond motifs is 9. The fraction of sp³-hybridized carbons (Fsp3) is 0.455. The van der Waals surface area contributed by atoms with Crippen LogP contribution in [0.3, 0.4) is 0 Å². The van der Waals surface area contributed by atoms with Gasteiger partial charge in [0.2, 0.25) is 35.4 Å². The lowest BCUT2D eigenvalue weighted by atomic mass is 9.95. The number of unbranched alkanes of at least 4 members (excludes halogenated alkanes) is 2. The highest BCUT2D eigenvalue weighted by Crippen LogP contribution is 2.58. The van der Waals surface area contributed by atoms with Crippen LogP contribution in [-0.4, -0.2) is 173 Å². The van der Waals surface area contributed by atoms with E-state index in [1.54, 1.807) is 67.2 Å². The number of hydrogen-bond acceptors (Lipinski definition) is 18. The maximum atomic E-state index is 14.5. The first-order valence-corrected chi connectivity index (χ1v) is 36.0. The van der Waals surface area contributed by atoms with E-state index >= 15 is 0 Å². The molecule has 2 saturated heterocycles. The van der Waals surface area contributed by atoms with E-state index in [0.717, 1.165) is 65.9 Å². The average Bonchev–Trinajstić information content (AvgIpc) is 1.59. The van der Waals surface area contributed by atoms with Crippen LogP contribution < -0.4 is 55.3 Å². The molecule has 28 heteroatoms. The zero-order valence-electron chi connectivity index (χ0n) is 60.0. The number of aliphatic imine (C=N–C) groups is 1. The summed E-state index contributed by atoms with van der Waals surface area (Å²) in [5.41, 5.74) is 6.85. The van der Waals surface area contributed by atoms with Crippen LogP contribution >= 0.6 is 0 Å². The van der Waals surface area contributed by atoms with Crippen LogP contribution in [0.2, 0.25) is 0 Å². The molecule has 9 amide bonds. The standard InChI is InChI=1S/C77H89N13O15/c1-44(2)67(83-65(93)39-80-64(92)38-79-63(91)23-24-66(94)86-40-48-15-9-10-16-51(48)69-68(84-85-90(69)45(3)4)52-17-11-12-18-56(52)86)71(96)81-46(5)70(95)82-49-21-19-47(20-22-49)41-105-75(100)89-57-34-62(60(102-7)32-54(57)73(98)88-43-77(27-28-77)36-58(88)74(89)99)104-30-14-8-13-29-103-61-33-55-53(31-59(61)101-6)72(97)87-42-76(25-26-76)35-50(87)37-78-55/h9-12,15-22,31-34,37,44-46,50,58,67,74,99H,8,13-14,23-30,35-36,38-43H2,1-7H3,(H,79,91)(H,80,92)(H,81,96)(H,82,95)(H,83,93)/t46-,50-,58-,67-,74-/m0/s1. The zero-order chi connectivity index (χ0) is 74.0. The highest BCUT2D eigenvalue weighted by Gasteiger charge is 2.58. The van der Waals surface area contributed by atoms with E-state index in [1.807, 2.05) is 78.2 Å². The second-order valence-corrected chi connectivity index (χ2v) is 29.1. The van der Waals surface area contributed by atoms with E-state index in [4.69, 9.17) is 28.7 Å². The quantitative estimate of drug-likeness (QED) is 0.0279. The molecule has 6 heterocycles. The summed E-state index contributed by atoms with van der Waals surface area (Å²) < 4.78 is 31.7. The number of methoxy groups -OCH3 is 2. The van der Waals surface area contributed by atoms with E-state index in [9.17, 15) is 48.3 Å². The van der Waals surface area contributed by atoms with Crippen molar-refractivity contribution >= 4 is 82.3 Å². The van der Waals surface area contributed by atoms with Gasteiger partial charge in [-0.15, -0.1) is 5.10 Å². The number of carbonyl (C=O) groups is 9. The second kappa shape index (κ2) is 30.4. The molecule has 4 fully saturated rings. The summed E-state index contributed by atoms with van der Waals surface area (Å²) in [7, 11) is 3.01. The number of nitrogens with one attached hydrogen (secondary N) is 5. The van der Waals surface area contributed by atoms with Crippen molar-refractivity contribution in [3.63, 3.8) is 0 Å². The Hall–Kier alpha value is -10.9. The number of carbonyl (C=O) groups excluding carboxylic acids is 9. The van der Waals surface area contributed by atoms with Gasteiger partial charge in [0.25, 0.3) is 11.8 Å². The molecule has 6 N–H and O–H groups in total. The van der Waals surface area contributed by atoms with Crippen LogP contribution in [0.25, 0.3) is 22.5 Å². The third kappa shape index (κ3) is 15.5. The summed E-state index contributed by atoms with van der Waals surface area (Å²) in [6, 6.07) is 25.2. The van der Waals surface area contributed by atoms with Crippen LogP contribution in [-0.2, 0) is 46.7 Å². The number of ether oxygens (including phenoxy) is 5. The zero-order valence-corrected chi connectivity index (χ0v) is 60.0. The third-order valence-corrected chi connectivity index (χ3v) is 20.9. The fourth-order valence-electron chi connectivity index (χ4n) is 14.7. The maximum Gasteiger partial charge on any atom is 0.416 e. The van der Waals surface area contributed by atoms with Gasteiger partial charge in [0, 0.05) is 67.1 Å². The monoisotopic (exact) mass is 1440 g/mol. The summed E-state index contributed by atoms with van der Waals surface area (Å²) in [5.74, 6) is -2.90. The van der Waals surface area contributed by atoms with Crippen LogP contribution in [0.1, 0.15) is 143 Å². The molecule has 7 aliphatic rings. The Kier molecular flexibility index (Phi) is 21.0. The van der Waals surface area contributed by atoms with Crippen LogP contribution in [0.4, 0.5) is 27.5 Å². The second-order valence-electron chi connectivity index (χ2n) is 29.1. The predicted molar refractivity (Wildman–Crippen MR) is 387 cm³/mol. The number of aromatic nitrogens is 3. The van der Waals surface area contributed by atoms with Gasteiger partial charge >= 0.3 is 6.09 Å². The molecule has 0 radical (unpaired) electrons. The summed E-state index contributed by atoms with van der Waals surface area (Å²) in [6.07, 6.45) is 6.59. The Bertz CT molecular complexity index is 4410. The summed E-state index contributed by atoms with van der Waals surface area (Å²) >= 11 is 0. The topological polar surface area (TPSA) is 336 Å². The number of hydrogen-bond donors (Lipinski definition) is 6. The van der Waals surface area contributed by atoms with Gasteiger partial charge < -0.3 is 70.1 Å². The third-order valence-electron chi connectivity index (χ3n) is 20.9. The van der Waals surface area contributed by atoms with Crippen molar-refractivity contribution in [1.29, 1.82) is 0 Å². The highest BCUT2D eigenvalue weighted by molar-refractivity contribution is 6.07. The molecule has 0 unspecified atom stereocenters. The lowest BCUT2D eigenvalue weighted by Crippen LogP contribution is -2.55. The van der Waals surface area contributed by atoms with Gasteiger partial charge in [0.05, 0.1) is 93.0 Å². The van der Waals surface area contributed by atoms with Gasteiger partial charge in [-0.1, -0.05) is 73.7 Å². The molecule has 5 aliphatic heterocycles. The SMILES string of the molecule is COc1cc2c(cc1OCCCCCOc1cc3c(cc1OC)C(=O)N1CC4(CC4)C[C@H]1[C@H](O)N3C(=O)OCc1ccc(NC(=O)[C@H](C)NC(=O)[C@@H](NC(=O)CNC(=O)CNC(=O)CCC(=O)N3Cc4ccccc4-c4c(nnn4C(C)C)-c4ccccc43)C(C)C)cc1)N=C[C@@H]1CC3(CC3)CN1C2=O. The van der Waals surface area contributed by atoms with Gasteiger partial charge in [-0.2, -0.15) is 0 Å². The normalized spacial score (nSPS) is 18.7. The van der Waals surface area contributed by atoms with E-state index in [2.05, 4.69) is 36.9 Å². The van der Waals surface area contributed by atoms with Crippen molar-refractivity contribution in [3.8, 4) is 45.5 Å². The van der Waals surface area contributed by atoms with Gasteiger partial charge in [-0.05, 0) is 137 Å². The molecule has 2 spiro atoms. The first-order chi connectivity index (χ1) is 50.5. The van der Waals surface area contributed by atoms with Crippen molar-refractivity contribution in [2.75, 3.05) is 68.7 Å². The van der Waals surface area contributed by atoms with E-state index in [0.29, 0.717) is 84.2 Å². The molecule has 552 valence electrons. The fourth-order valence-corrected chi connectivity index (χ4v) is 14.7. The predicted octanol–water partition coefficient (Wildman–Crippen LogP) is 8.16. The van der Waals surface area contributed by atoms with Gasteiger partial charge in [-0.3, -0.25) is 43.3 Å². The Morgan fingerprint density at radius 1 is 0.648 bits per heavy atom. The molecular formula is C77H89N13O15. The Morgan fingerprint density at radius 2 is 1.29 bits per heavy atom. The van der Waals surface area contributed by atoms with Crippen molar-refractivity contribution in [2.24, 2.45) is 21.7 Å². The lowest BCUT2D eigenvalue weighted by molar-refractivity contribution is -0.132. The van der Waals surface area contributed by atoms with Gasteiger partial charge in [-0.25, -0.2) is 14.4 Å². The van der Waals surface area contributed by atoms with Crippen molar-refractivity contribution in [3.05, 3.63) is 119 Å². The van der Waals surface area contributed by atoms with Crippen molar-refractivity contribution < 1.29 is 71.9 Å². The minimum Gasteiger partial charge on any atom is -0.493 e. The number of benzene rings is 5. The Morgan fingerprint density at radius 3 is 1.98 bits per heavy atom. The van der Waals surface area contributed by atoms with Crippen LogP contribution in [0.15, 0.2) is 102 Å². The summed E-state index contributed by atoms with van der Waals surface area (Å²) in [6.45, 7) is 9.66. The largest absolute Gasteiger partial charge is 0.493 e. The number of aliphatic hydroxyl groups excluding tert-OH is 1.